The van der Waals surface area contributed by atoms with E-state index in [-0.39, 0.29) is 5.56 Å². The van der Waals surface area contributed by atoms with Crippen LogP contribution < -0.4 is 0 Å². The van der Waals surface area contributed by atoms with E-state index in [1.165, 1.54) is 23.1 Å². The van der Waals surface area contributed by atoms with Crippen molar-refractivity contribution in [3.63, 3.8) is 0 Å². The third-order valence-electron chi connectivity index (χ3n) is 1.95. The van der Waals surface area contributed by atoms with Crippen LogP contribution in [-0.4, -0.2) is 30.1 Å². The average Bonchev–Trinajstić information content (AvgIpc) is 2.07. The lowest BCUT2D eigenvalue weighted by molar-refractivity contribution is -0.142. The van der Waals surface area contributed by atoms with Gasteiger partial charge in [-0.2, -0.15) is 0 Å². The van der Waals surface area contributed by atoms with Gasteiger partial charge in [-0.15, -0.1) is 0 Å². The molecule has 1 rings (SSSR count). The molecule has 0 aliphatic heterocycles. The summed E-state index contributed by atoms with van der Waals surface area (Å²) in [4.78, 5) is 12.3. The molecule has 0 fully saturated rings. The second-order valence-corrected chi connectivity index (χ2v) is 3.23. The second kappa shape index (κ2) is 4.19. The average molecular weight is 197 g/mol. The molecule has 1 atom stereocenters. The Bertz CT molecular complexity index is 339. The summed E-state index contributed by atoms with van der Waals surface area (Å²) in [5, 5.41) is 8.91. The van der Waals surface area contributed by atoms with Crippen LogP contribution in [0.4, 0.5) is 4.39 Å². The molecule has 0 spiro atoms. The topological polar surface area (TPSA) is 40.5 Å². The van der Waals surface area contributed by atoms with E-state index in [4.69, 9.17) is 5.11 Å². The second-order valence-electron chi connectivity index (χ2n) is 3.23. The van der Waals surface area contributed by atoms with Crippen LogP contribution in [0.3, 0.4) is 0 Å². The summed E-state index contributed by atoms with van der Waals surface area (Å²) in [5.41, 5.74) is 0.185. The van der Waals surface area contributed by atoms with Gasteiger partial charge in [-0.1, -0.05) is 18.2 Å². The van der Waals surface area contributed by atoms with Crippen LogP contribution in [0.5, 0.6) is 0 Å². The lowest BCUT2D eigenvalue weighted by Crippen LogP contribution is -2.28. The molecule has 0 saturated heterocycles. The molecule has 0 unspecified atom stereocenters. The monoisotopic (exact) mass is 197 g/mol. The van der Waals surface area contributed by atoms with Gasteiger partial charge in [-0.05, 0) is 20.2 Å². The van der Waals surface area contributed by atoms with E-state index in [9.17, 15) is 9.18 Å². The van der Waals surface area contributed by atoms with E-state index in [0.717, 1.165) is 0 Å². The molecular formula is C10H12FNO2. The Balaban J connectivity index is 3.12. The van der Waals surface area contributed by atoms with Crippen LogP contribution in [0.2, 0.25) is 0 Å². The summed E-state index contributed by atoms with van der Waals surface area (Å²) in [7, 11) is 3.20. The molecule has 0 heterocycles. The van der Waals surface area contributed by atoms with Gasteiger partial charge in [-0.25, -0.2) is 4.39 Å². The summed E-state index contributed by atoms with van der Waals surface area (Å²) in [5.74, 6) is -1.55. The highest BCUT2D eigenvalue weighted by molar-refractivity contribution is 5.75. The van der Waals surface area contributed by atoms with Gasteiger partial charge in [0.05, 0.1) is 0 Å². The van der Waals surface area contributed by atoms with E-state index < -0.39 is 17.8 Å². The summed E-state index contributed by atoms with van der Waals surface area (Å²) < 4.78 is 13.3. The molecule has 0 amide bonds. The van der Waals surface area contributed by atoms with Crippen LogP contribution in [0.1, 0.15) is 11.6 Å². The molecule has 1 aromatic carbocycles. The third-order valence-corrected chi connectivity index (χ3v) is 1.95. The van der Waals surface area contributed by atoms with Gasteiger partial charge in [0.1, 0.15) is 11.9 Å². The number of carboxylic acids is 1. The van der Waals surface area contributed by atoms with E-state index >= 15 is 0 Å². The quantitative estimate of drug-likeness (QED) is 0.798. The Kier molecular flexibility index (Phi) is 3.19. The largest absolute Gasteiger partial charge is 0.480 e. The van der Waals surface area contributed by atoms with Gasteiger partial charge in [0.2, 0.25) is 0 Å². The van der Waals surface area contributed by atoms with Crippen molar-refractivity contribution in [2.75, 3.05) is 14.1 Å². The Morgan fingerprint density at radius 1 is 1.43 bits per heavy atom. The molecule has 4 heteroatoms. The highest BCUT2D eigenvalue weighted by Gasteiger charge is 2.24. The van der Waals surface area contributed by atoms with E-state index in [1.54, 1.807) is 20.2 Å². The minimum Gasteiger partial charge on any atom is -0.480 e. The maximum Gasteiger partial charge on any atom is 0.325 e. The standard InChI is InChI=1S/C10H12FNO2/c1-12(2)9(10(13)14)7-5-3-4-6-8(7)11/h3-6,9H,1-2H3,(H,13,14)/t9-/m1/s1. The Morgan fingerprint density at radius 3 is 2.43 bits per heavy atom. The third kappa shape index (κ3) is 2.09. The fraction of sp³-hybridized carbons (Fsp3) is 0.300. The van der Waals surface area contributed by atoms with Crippen molar-refractivity contribution >= 4 is 5.97 Å². The van der Waals surface area contributed by atoms with Gasteiger partial charge < -0.3 is 5.11 Å². The van der Waals surface area contributed by atoms with Gasteiger partial charge in [0, 0.05) is 5.56 Å². The Labute approximate surface area is 81.8 Å². The minimum atomic E-state index is -1.06. The minimum absolute atomic E-state index is 0.185. The molecule has 1 aromatic rings. The molecule has 1 N–H and O–H groups in total. The first kappa shape index (κ1) is 10.7. The van der Waals surface area contributed by atoms with Gasteiger partial charge in [0.25, 0.3) is 0 Å². The number of likely N-dealkylation sites (N-methyl/N-ethyl adjacent to an activating group) is 1. The van der Waals surface area contributed by atoms with E-state index in [2.05, 4.69) is 0 Å². The Hall–Kier alpha value is -1.42. The van der Waals surface area contributed by atoms with E-state index in [1.807, 2.05) is 0 Å². The zero-order chi connectivity index (χ0) is 10.7. The predicted octanol–water partition coefficient (Wildman–Crippen LogP) is 1.51. The smallest absolute Gasteiger partial charge is 0.325 e. The van der Waals surface area contributed by atoms with Crippen LogP contribution >= 0.6 is 0 Å². The maximum absolute atomic E-state index is 13.3. The number of carboxylic acid groups (broad SMARTS) is 1. The highest BCUT2D eigenvalue weighted by Crippen LogP contribution is 2.20. The fourth-order valence-corrected chi connectivity index (χ4v) is 1.33. The lowest BCUT2D eigenvalue weighted by atomic mass is 10.1. The molecule has 0 saturated carbocycles. The van der Waals surface area contributed by atoms with E-state index in [0.29, 0.717) is 0 Å². The van der Waals surface area contributed by atoms with Gasteiger partial charge in [-0.3, -0.25) is 9.69 Å². The predicted molar refractivity (Wildman–Crippen MR) is 50.5 cm³/mol. The lowest BCUT2D eigenvalue weighted by Gasteiger charge is -2.20. The molecule has 3 nitrogen and oxygen atoms in total. The molecule has 0 bridgehead atoms. The highest BCUT2D eigenvalue weighted by atomic mass is 19.1. The molecule has 76 valence electrons. The number of nitrogens with zero attached hydrogens (tertiary/aromatic N) is 1. The summed E-state index contributed by atoms with van der Waals surface area (Å²) in [6.07, 6.45) is 0. The first-order valence-corrected chi connectivity index (χ1v) is 4.17. The number of rotatable bonds is 3. The van der Waals surface area contributed by atoms with Crippen LogP contribution in [0.15, 0.2) is 24.3 Å². The van der Waals surface area contributed by atoms with Crippen molar-refractivity contribution in [3.05, 3.63) is 35.6 Å². The molecule has 14 heavy (non-hydrogen) atoms. The number of benzene rings is 1. The number of hydrogen-bond acceptors (Lipinski definition) is 2. The molecule has 0 aliphatic rings. The van der Waals surface area contributed by atoms with Crippen molar-refractivity contribution < 1.29 is 14.3 Å². The normalized spacial score (nSPS) is 12.9. The SMILES string of the molecule is CN(C)[C@@H](C(=O)O)c1ccccc1F. The van der Waals surface area contributed by atoms with Crippen LogP contribution in [0, 0.1) is 5.82 Å². The van der Waals surface area contributed by atoms with Gasteiger partial charge >= 0.3 is 5.97 Å². The number of carbonyl (C=O) groups is 1. The van der Waals surface area contributed by atoms with Crippen molar-refractivity contribution in [3.8, 4) is 0 Å². The number of aliphatic carboxylic acids is 1. The zero-order valence-corrected chi connectivity index (χ0v) is 8.07. The Morgan fingerprint density at radius 2 is 2.00 bits per heavy atom. The van der Waals surface area contributed by atoms with Crippen molar-refractivity contribution in [2.24, 2.45) is 0 Å². The maximum atomic E-state index is 13.3. The first-order valence-electron chi connectivity index (χ1n) is 4.17. The zero-order valence-electron chi connectivity index (χ0n) is 8.07. The van der Waals surface area contributed by atoms with Gasteiger partial charge in [0.15, 0.2) is 0 Å². The van der Waals surface area contributed by atoms with Crippen molar-refractivity contribution in [2.45, 2.75) is 6.04 Å². The van der Waals surface area contributed by atoms with Crippen LogP contribution in [-0.2, 0) is 4.79 Å². The molecular weight excluding hydrogens is 185 g/mol. The molecule has 0 radical (unpaired) electrons. The fourth-order valence-electron chi connectivity index (χ4n) is 1.33. The summed E-state index contributed by atoms with van der Waals surface area (Å²) in [6.45, 7) is 0. The van der Waals surface area contributed by atoms with Crippen molar-refractivity contribution in [1.82, 2.24) is 4.90 Å². The number of hydrogen-bond donors (Lipinski definition) is 1. The van der Waals surface area contributed by atoms with Crippen molar-refractivity contribution in [1.29, 1.82) is 0 Å². The summed E-state index contributed by atoms with van der Waals surface area (Å²) in [6, 6.07) is 4.96. The number of halogens is 1. The first-order chi connectivity index (χ1) is 6.54. The molecule has 0 aromatic heterocycles. The summed E-state index contributed by atoms with van der Waals surface area (Å²) >= 11 is 0. The van der Waals surface area contributed by atoms with Crippen LogP contribution in [0.25, 0.3) is 0 Å². The molecule has 0 aliphatic carbocycles.